The number of hydrogen-bond donors (Lipinski definition) is 2. The van der Waals surface area contributed by atoms with Crippen LogP contribution < -0.4 is 11.1 Å². The van der Waals surface area contributed by atoms with Crippen molar-refractivity contribution in [3.63, 3.8) is 0 Å². The first-order valence-electron chi connectivity index (χ1n) is 6.61. The molecule has 0 atom stereocenters. The Balaban J connectivity index is 2.31. The van der Waals surface area contributed by atoms with Crippen LogP contribution in [0.2, 0.25) is 0 Å². The zero-order valence-electron chi connectivity index (χ0n) is 12.3. The number of nitrogens with one attached hydrogen (secondary N) is 1. The number of amides is 2. The molecule has 0 aromatic carbocycles. The maximum Gasteiger partial charge on any atom is 0.277 e. The summed E-state index contributed by atoms with van der Waals surface area (Å²) in [5.41, 5.74) is 6.46. The van der Waals surface area contributed by atoms with Crippen LogP contribution in [-0.4, -0.2) is 31.1 Å². The lowest BCUT2D eigenvalue weighted by molar-refractivity contribution is 0.0997. The van der Waals surface area contributed by atoms with Gasteiger partial charge in [0.15, 0.2) is 11.4 Å². The third kappa shape index (κ3) is 2.93. The first-order chi connectivity index (χ1) is 9.93. The number of aromatic nitrogens is 4. The summed E-state index contributed by atoms with van der Waals surface area (Å²) in [6, 6.07) is 1.67. The summed E-state index contributed by atoms with van der Waals surface area (Å²) in [5.74, 6) is -0.783. The Bertz CT molecular complexity index is 665. The van der Waals surface area contributed by atoms with E-state index in [-0.39, 0.29) is 11.4 Å². The molecule has 0 bridgehead atoms. The minimum absolute atomic E-state index is 0.0458. The number of rotatable bonds is 5. The fourth-order valence-electron chi connectivity index (χ4n) is 1.95. The SMILES string of the molecule is CCCn1cnc(C(N)=O)c1NC(=O)c1cc(C)n(C)n1. The second-order valence-electron chi connectivity index (χ2n) is 4.75. The van der Waals surface area contributed by atoms with Crippen molar-refractivity contribution in [1.29, 1.82) is 0 Å². The Morgan fingerprint density at radius 1 is 1.43 bits per heavy atom. The fourth-order valence-corrected chi connectivity index (χ4v) is 1.95. The highest BCUT2D eigenvalue weighted by atomic mass is 16.2. The van der Waals surface area contributed by atoms with Gasteiger partial charge in [0, 0.05) is 19.3 Å². The number of hydrogen-bond acceptors (Lipinski definition) is 4. The zero-order valence-corrected chi connectivity index (χ0v) is 12.3. The number of primary amides is 1. The van der Waals surface area contributed by atoms with Crippen LogP contribution in [0.4, 0.5) is 5.82 Å². The van der Waals surface area contributed by atoms with Crippen molar-refractivity contribution >= 4 is 17.6 Å². The highest BCUT2D eigenvalue weighted by Crippen LogP contribution is 2.16. The molecule has 2 heterocycles. The third-order valence-electron chi connectivity index (χ3n) is 3.11. The molecule has 2 rings (SSSR count). The molecule has 0 spiro atoms. The van der Waals surface area contributed by atoms with Crippen LogP contribution in [0.5, 0.6) is 0 Å². The predicted octanol–water partition coefficient (Wildman–Crippen LogP) is 0.686. The summed E-state index contributed by atoms with van der Waals surface area (Å²) in [6.45, 7) is 4.45. The monoisotopic (exact) mass is 290 g/mol. The fraction of sp³-hybridized carbons (Fsp3) is 0.385. The molecule has 0 aliphatic carbocycles. The molecule has 0 saturated carbocycles. The van der Waals surface area contributed by atoms with Gasteiger partial charge in [0.05, 0.1) is 6.33 Å². The normalized spacial score (nSPS) is 10.6. The molecular formula is C13H18N6O2. The molecule has 0 saturated heterocycles. The van der Waals surface area contributed by atoms with Gasteiger partial charge in [-0.15, -0.1) is 0 Å². The minimum atomic E-state index is -0.683. The standard InChI is InChI=1S/C13H18N6O2/c1-4-5-19-7-15-10(11(14)20)12(19)16-13(21)9-6-8(2)18(3)17-9/h6-7H,4-5H2,1-3H3,(H2,14,20)(H,16,21). The lowest BCUT2D eigenvalue weighted by atomic mass is 10.3. The second kappa shape index (κ2) is 5.78. The molecule has 0 unspecified atom stereocenters. The van der Waals surface area contributed by atoms with Crippen LogP contribution in [0.15, 0.2) is 12.4 Å². The third-order valence-corrected chi connectivity index (χ3v) is 3.11. The highest BCUT2D eigenvalue weighted by Gasteiger charge is 2.19. The first-order valence-corrected chi connectivity index (χ1v) is 6.61. The van der Waals surface area contributed by atoms with E-state index in [4.69, 9.17) is 5.73 Å². The first kappa shape index (κ1) is 14.8. The van der Waals surface area contributed by atoms with Crippen molar-refractivity contribution in [2.45, 2.75) is 26.8 Å². The van der Waals surface area contributed by atoms with E-state index in [1.807, 2.05) is 13.8 Å². The number of carbonyl (C=O) groups excluding carboxylic acids is 2. The van der Waals surface area contributed by atoms with Crippen LogP contribution in [0.3, 0.4) is 0 Å². The topological polar surface area (TPSA) is 108 Å². The number of carbonyl (C=O) groups is 2. The van der Waals surface area contributed by atoms with Crippen LogP contribution in [0, 0.1) is 6.92 Å². The summed E-state index contributed by atoms with van der Waals surface area (Å²) < 4.78 is 3.29. The summed E-state index contributed by atoms with van der Waals surface area (Å²) >= 11 is 0. The Morgan fingerprint density at radius 2 is 2.14 bits per heavy atom. The lowest BCUT2D eigenvalue weighted by Crippen LogP contribution is -2.20. The summed E-state index contributed by atoms with van der Waals surface area (Å²) in [6.07, 6.45) is 2.32. The molecule has 8 heteroatoms. The highest BCUT2D eigenvalue weighted by molar-refractivity contribution is 6.06. The molecule has 0 fully saturated rings. The van der Waals surface area contributed by atoms with Crippen molar-refractivity contribution in [3.05, 3.63) is 29.5 Å². The number of nitrogens with two attached hydrogens (primary N) is 1. The molecule has 2 amide bonds. The van der Waals surface area contributed by atoms with Crippen LogP contribution in [-0.2, 0) is 13.6 Å². The molecule has 3 N–H and O–H groups in total. The predicted molar refractivity (Wildman–Crippen MR) is 76.9 cm³/mol. The number of imidazole rings is 1. The molecule has 112 valence electrons. The maximum absolute atomic E-state index is 12.2. The van der Waals surface area contributed by atoms with Crippen molar-refractivity contribution in [2.75, 3.05) is 5.32 Å². The molecule has 0 radical (unpaired) electrons. The van der Waals surface area contributed by atoms with E-state index < -0.39 is 11.8 Å². The molecule has 0 aliphatic heterocycles. The summed E-state index contributed by atoms with van der Waals surface area (Å²) in [4.78, 5) is 27.6. The van der Waals surface area contributed by atoms with Gasteiger partial charge >= 0.3 is 0 Å². The van der Waals surface area contributed by atoms with E-state index in [0.717, 1.165) is 12.1 Å². The van der Waals surface area contributed by atoms with Crippen molar-refractivity contribution < 1.29 is 9.59 Å². The van der Waals surface area contributed by atoms with Gasteiger partial charge in [-0.1, -0.05) is 6.92 Å². The van der Waals surface area contributed by atoms with Gasteiger partial charge in [-0.3, -0.25) is 14.3 Å². The van der Waals surface area contributed by atoms with Crippen LogP contribution in [0.25, 0.3) is 0 Å². The quantitative estimate of drug-likeness (QED) is 0.844. The van der Waals surface area contributed by atoms with Crippen molar-refractivity contribution in [1.82, 2.24) is 19.3 Å². The van der Waals surface area contributed by atoms with Crippen LogP contribution in [0.1, 0.15) is 40.0 Å². The number of nitrogens with zero attached hydrogens (tertiary/aromatic N) is 4. The van der Waals surface area contributed by atoms with Gasteiger partial charge in [0.2, 0.25) is 0 Å². The van der Waals surface area contributed by atoms with E-state index in [9.17, 15) is 9.59 Å². The van der Waals surface area contributed by atoms with E-state index >= 15 is 0 Å². The van der Waals surface area contributed by atoms with Gasteiger partial charge in [0.25, 0.3) is 11.8 Å². The second-order valence-corrected chi connectivity index (χ2v) is 4.75. The van der Waals surface area contributed by atoms with Crippen LogP contribution >= 0.6 is 0 Å². The van der Waals surface area contributed by atoms with Gasteiger partial charge in [-0.05, 0) is 19.4 Å². The van der Waals surface area contributed by atoms with Crippen molar-refractivity contribution in [2.24, 2.45) is 12.8 Å². The summed E-state index contributed by atoms with van der Waals surface area (Å²) in [5, 5.41) is 6.77. The minimum Gasteiger partial charge on any atom is -0.364 e. The summed E-state index contributed by atoms with van der Waals surface area (Å²) in [7, 11) is 1.75. The zero-order chi connectivity index (χ0) is 15.6. The van der Waals surface area contributed by atoms with E-state index in [2.05, 4.69) is 15.4 Å². The number of aryl methyl sites for hydroxylation is 3. The molecule has 21 heavy (non-hydrogen) atoms. The van der Waals surface area contributed by atoms with Gasteiger partial charge in [-0.25, -0.2) is 4.98 Å². The molecular weight excluding hydrogens is 272 g/mol. The number of anilines is 1. The average molecular weight is 290 g/mol. The van der Waals surface area contributed by atoms with Gasteiger partial charge in [0.1, 0.15) is 5.82 Å². The lowest BCUT2D eigenvalue weighted by Gasteiger charge is -2.08. The Kier molecular flexibility index (Phi) is 4.06. The van der Waals surface area contributed by atoms with E-state index in [0.29, 0.717) is 12.4 Å². The molecule has 0 aliphatic rings. The molecule has 2 aromatic heterocycles. The van der Waals surface area contributed by atoms with E-state index in [1.165, 1.54) is 6.33 Å². The Labute approximate surface area is 122 Å². The van der Waals surface area contributed by atoms with Crippen molar-refractivity contribution in [3.8, 4) is 0 Å². The largest absolute Gasteiger partial charge is 0.364 e. The average Bonchev–Trinajstić information content (AvgIpc) is 2.95. The van der Waals surface area contributed by atoms with Gasteiger partial charge in [-0.2, -0.15) is 5.10 Å². The molecule has 8 nitrogen and oxygen atoms in total. The smallest absolute Gasteiger partial charge is 0.277 e. The van der Waals surface area contributed by atoms with Gasteiger partial charge < -0.3 is 15.6 Å². The molecule has 2 aromatic rings. The Hall–Kier alpha value is -2.64. The Morgan fingerprint density at radius 3 is 2.67 bits per heavy atom. The van der Waals surface area contributed by atoms with E-state index in [1.54, 1.807) is 22.4 Å². The maximum atomic E-state index is 12.2.